The number of amides is 1. The van der Waals surface area contributed by atoms with Gasteiger partial charge in [-0.25, -0.2) is 14.6 Å². The minimum absolute atomic E-state index is 0.194. The largest absolute Gasteiger partial charge is 0.485 e. The molecule has 2 aromatic heterocycles. The van der Waals surface area contributed by atoms with Crippen LogP contribution in [0.2, 0.25) is 0 Å². The number of benzene rings is 1. The van der Waals surface area contributed by atoms with Crippen molar-refractivity contribution in [2.75, 3.05) is 31.1 Å². The van der Waals surface area contributed by atoms with Crippen LogP contribution in [0.5, 0.6) is 11.5 Å². The van der Waals surface area contributed by atoms with Gasteiger partial charge >= 0.3 is 0 Å². The van der Waals surface area contributed by atoms with Crippen molar-refractivity contribution in [1.82, 2.24) is 25.1 Å². The Morgan fingerprint density at radius 1 is 1.10 bits per heavy atom. The first-order valence-electron chi connectivity index (χ1n) is 10.9. The number of para-hydroxylation sites is 2. The van der Waals surface area contributed by atoms with Gasteiger partial charge in [-0.1, -0.05) is 25.0 Å². The van der Waals surface area contributed by atoms with Gasteiger partial charge in [0.25, 0.3) is 5.91 Å². The van der Waals surface area contributed by atoms with Gasteiger partial charge in [0, 0.05) is 19.6 Å². The minimum Gasteiger partial charge on any atom is -0.485 e. The lowest BCUT2D eigenvalue weighted by Gasteiger charge is -2.25. The average Bonchev–Trinajstić information content (AvgIpc) is 3.03. The standard InChI is InChI=1S/C22H26N6O3/c29-22(19-14-30-17-7-3-4-8-18(17)31-19)23-9-12-28-21-16(13-26-28)20(24-15-25-21)27-10-5-1-2-6-11-27/h3-4,7-8,13,15,19H,1-2,5-6,9-12,14H2,(H,23,29). The number of hydrogen-bond donors (Lipinski definition) is 1. The molecule has 0 bridgehead atoms. The summed E-state index contributed by atoms with van der Waals surface area (Å²) in [6.45, 7) is 3.15. The van der Waals surface area contributed by atoms with Crippen molar-refractivity contribution in [2.45, 2.75) is 38.3 Å². The maximum absolute atomic E-state index is 12.5. The molecule has 0 spiro atoms. The lowest BCUT2D eigenvalue weighted by Crippen LogP contribution is -2.44. The number of nitrogens with one attached hydrogen (secondary N) is 1. The zero-order chi connectivity index (χ0) is 21.0. The smallest absolute Gasteiger partial charge is 0.264 e. The molecule has 1 atom stereocenters. The van der Waals surface area contributed by atoms with E-state index in [4.69, 9.17) is 9.47 Å². The number of nitrogens with zero attached hydrogens (tertiary/aromatic N) is 5. The third-order valence-corrected chi connectivity index (χ3v) is 5.74. The van der Waals surface area contributed by atoms with Crippen LogP contribution in [0.3, 0.4) is 0 Å². The lowest BCUT2D eigenvalue weighted by molar-refractivity contribution is -0.130. The third-order valence-electron chi connectivity index (χ3n) is 5.74. The van der Waals surface area contributed by atoms with Crippen molar-refractivity contribution in [1.29, 1.82) is 0 Å². The third kappa shape index (κ3) is 4.12. The molecule has 1 aromatic carbocycles. The zero-order valence-corrected chi connectivity index (χ0v) is 17.4. The Labute approximate surface area is 180 Å². The van der Waals surface area contributed by atoms with Gasteiger partial charge in [0.2, 0.25) is 6.10 Å². The molecule has 0 radical (unpaired) electrons. The summed E-state index contributed by atoms with van der Waals surface area (Å²) >= 11 is 0. The number of carbonyl (C=O) groups excluding carboxylic acids is 1. The van der Waals surface area contributed by atoms with E-state index in [1.807, 2.05) is 29.1 Å². The Hall–Kier alpha value is -3.36. The summed E-state index contributed by atoms with van der Waals surface area (Å²) in [6.07, 6.45) is 7.67. The van der Waals surface area contributed by atoms with Crippen LogP contribution in [-0.2, 0) is 11.3 Å². The van der Waals surface area contributed by atoms with E-state index in [1.54, 1.807) is 12.4 Å². The molecule has 1 saturated heterocycles. The van der Waals surface area contributed by atoms with Crippen molar-refractivity contribution in [2.24, 2.45) is 0 Å². The molecule has 2 aliphatic rings. The summed E-state index contributed by atoms with van der Waals surface area (Å²) in [5.74, 6) is 2.00. The Kier molecular flexibility index (Phi) is 5.56. The van der Waals surface area contributed by atoms with Gasteiger partial charge in [0.15, 0.2) is 17.1 Å². The van der Waals surface area contributed by atoms with Crippen molar-refractivity contribution < 1.29 is 14.3 Å². The van der Waals surface area contributed by atoms with Gasteiger partial charge in [-0.15, -0.1) is 0 Å². The molecule has 9 nitrogen and oxygen atoms in total. The molecule has 5 rings (SSSR count). The molecule has 1 fully saturated rings. The molecular formula is C22H26N6O3. The normalized spacial score (nSPS) is 18.6. The van der Waals surface area contributed by atoms with Crippen LogP contribution in [0.1, 0.15) is 25.7 Å². The SMILES string of the molecule is O=C(NCCn1ncc2c(N3CCCCCC3)ncnc21)C1COc2ccccc2O1. The molecule has 162 valence electrons. The van der Waals surface area contributed by atoms with E-state index in [-0.39, 0.29) is 12.5 Å². The van der Waals surface area contributed by atoms with Gasteiger partial charge < -0.3 is 19.7 Å². The van der Waals surface area contributed by atoms with Crippen LogP contribution in [0.15, 0.2) is 36.8 Å². The van der Waals surface area contributed by atoms with Crippen LogP contribution in [0.4, 0.5) is 5.82 Å². The highest BCUT2D eigenvalue weighted by Gasteiger charge is 2.27. The Morgan fingerprint density at radius 2 is 1.90 bits per heavy atom. The second kappa shape index (κ2) is 8.79. The van der Waals surface area contributed by atoms with E-state index in [1.165, 1.54) is 25.7 Å². The second-order valence-corrected chi connectivity index (χ2v) is 7.86. The number of hydrogen-bond acceptors (Lipinski definition) is 7. The molecule has 9 heteroatoms. The highest BCUT2D eigenvalue weighted by molar-refractivity contribution is 5.86. The zero-order valence-electron chi connectivity index (χ0n) is 17.4. The fraction of sp³-hybridized carbons (Fsp3) is 0.455. The monoisotopic (exact) mass is 422 g/mol. The first-order valence-corrected chi connectivity index (χ1v) is 10.9. The van der Waals surface area contributed by atoms with E-state index >= 15 is 0 Å². The first-order chi connectivity index (χ1) is 15.3. The van der Waals surface area contributed by atoms with Crippen LogP contribution in [0.25, 0.3) is 11.0 Å². The second-order valence-electron chi connectivity index (χ2n) is 7.86. The van der Waals surface area contributed by atoms with Crippen LogP contribution in [-0.4, -0.2) is 58.0 Å². The fourth-order valence-electron chi connectivity index (χ4n) is 4.13. The summed E-state index contributed by atoms with van der Waals surface area (Å²) < 4.78 is 13.2. The molecule has 31 heavy (non-hydrogen) atoms. The summed E-state index contributed by atoms with van der Waals surface area (Å²) in [4.78, 5) is 23.8. The summed E-state index contributed by atoms with van der Waals surface area (Å²) in [7, 11) is 0. The molecule has 0 aliphatic carbocycles. The summed E-state index contributed by atoms with van der Waals surface area (Å²) in [5, 5.41) is 8.36. The van der Waals surface area contributed by atoms with Gasteiger partial charge in [-0.3, -0.25) is 4.79 Å². The van der Waals surface area contributed by atoms with Crippen LogP contribution >= 0.6 is 0 Å². The van der Waals surface area contributed by atoms with E-state index in [2.05, 4.69) is 25.3 Å². The molecule has 3 aromatic rings. The molecular weight excluding hydrogens is 396 g/mol. The first kappa shape index (κ1) is 19.6. The minimum atomic E-state index is -0.666. The Balaban J connectivity index is 1.21. The molecule has 2 aliphatic heterocycles. The van der Waals surface area contributed by atoms with Crippen LogP contribution in [0, 0.1) is 0 Å². The number of fused-ring (bicyclic) bond motifs is 2. The number of carbonyl (C=O) groups is 1. The predicted octanol–water partition coefficient (Wildman–Crippen LogP) is 2.16. The molecule has 1 amide bonds. The highest BCUT2D eigenvalue weighted by Crippen LogP contribution is 2.31. The Morgan fingerprint density at radius 3 is 2.74 bits per heavy atom. The number of anilines is 1. The topological polar surface area (TPSA) is 94.4 Å². The molecule has 0 saturated carbocycles. The van der Waals surface area contributed by atoms with Gasteiger partial charge in [0.1, 0.15) is 18.8 Å². The van der Waals surface area contributed by atoms with Crippen molar-refractivity contribution in [3.05, 3.63) is 36.8 Å². The van der Waals surface area contributed by atoms with E-state index in [9.17, 15) is 4.79 Å². The number of rotatable bonds is 5. The van der Waals surface area contributed by atoms with E-state index in [0.717, 1.165) is 29.9 Å². The maximum atomic E-state index is 12.5. The fourth-order valence-corrected chi connectivity index (χ4v) is 4.13. The van der Waals surface area contributed by atoms with Crippen molar-refractivity contribution in [3.8, 4) is 11.5 Å². The van der Waals surface area contributed by atoms with E-state index < -0.39 is 6.10 Å². The van der Waals surface area contributed by atoms with Gasteiger partial charge in [0.05, 0.1) is 18.1 Å². The van der Waals surface area contributed by atoms with Crippen molar-refractivity contribution >= 4 is 22.8 Å². The highest BCUT2D eigenvalue weighted by atomic mass is 16.6. The van der Waals surface area contributed by atoms with Crippen molar-refractivity contribution in [3.63, 3.8) is 0 Å². The quantitative estimate of drug-likeness (QED) is 0.673. The average molecular weight is 422 g/mol. The molecule has 4 heterocycles. The van der Waals surface area contributed by atoms with Gasteiger partial charge in [-0.2, -0.15) is 5.10 Å². The van der Waals surface area contributed by atoms with Gasteiger partial charge in [-0.05, 0) is 25.0 Å². The molecule has 1 unspecified atom stereocenters. The van der Waals surface area contributed by atoms with Crippen LogP contribution < -0.4 is 19.7 Å². The Bertz CT molecular complexity index is 1060. The number of ether oxygens (including phenoxy) is 2. The molecule has 1 N–H and O–H groups in total. The lowest BCUT2D eigenvalue weighted by atomic mass is 10.2. The number of aromatic nitrogens is 4. The maximum Gasteiger partial charge on any atom is 0.264 e. The predicted molar refractivity (Wildman–Crippen MR) is 115 cm³/mol. The van der Waals surface area contributed by atoms with E-state index in [0.29, 0.717) is 24.6 Å². The summed E-state index contributed by atoms with van der Waals surface area (Å²) in [6, 6.07) is 7.35. The summed E-state index contributed by atoms with van der Waals surface area (Å²) in [5.41, 5.74) is 0.787.